The smallest absolute Gasteiger partial charge is 0.337 e. The number of rotatable bonds is 12. The fourth-order valence-electron chi connectivity index (χ4n) is 2.87. The highest BCUT2D eigenvalue weighted by atomic mass is 16.4. The SMILES string of the molecule is NCCCCCCNC(=O)CCc1cc(/N=N/c2ccccc2C(=O)O)ccc1O. The minimum Gasteiger partial charge on any atom is -0.508 e. The lowest BCUT2D eigenvalue weighted by atomic mass is 10.1. The van der Waals surface area contributed by atoms with Gasteiger partial charge in [0.05, 0.1) is 11.3 Å². The Kier molecular flexibility index (Phi) is 9.47. The van der Waals surface area contributed by atoms with Gasteiger partial charge in [-0.15, -0.1) is 5.11 Å². The molecule has 2 rings (SSSR count). The molecule has 30 heavy (non-hydrogen) atoms. The maximum Gasteiger partial charge on any atom is 0.337 e. The fourth-order valence-corrected chi connectivity index (χ4v) is 2.87. The Bertz CT molecular complexity index is 883. The van der Waals surface area contributed by atoms with Crippen LogP contribution in [0.5, 0.6) is 5.75 Å². The van der Waals surface area contributed by atoms with Crippen molar-refractivity contribution in [1.82, 2.24) is 5.32 Å². The van der Waals surface area contributed by atoms with Crippen molar-refractivity contribution < 1.29 is 19.8 Å². The number of carboxylic acids is 1. The van der Waals surface area contributed by atoms with Crippen molar-refractivity contribution in [2.45, 2.75) is 38.5 Å². The van der Waals surface area contributed by atoms with E-state index in [2.05, 4.69) is 15.5 Å². The standard InChI is InChI=1S/C22H28N4O4/c23-13-5-1-2-6-14-24-21(28)12-9-16-15-17(10-11-20(16)27)25-26-19-8-4-3-7-18(19)22(29)30/h3-4,7-8,10-11,15,27H,1-2,5-6,9,12-14,23H2,(H,24,28)(H,29,30)/b26-25+. The summed E-state index contributed by atoms with van der Waals surface area (Å²) in [6.45, 7) is 1.33. The number of aryl methyl sites for hydroxylation is 1. The molecule has 5 N–H and O–H groups in total. The first kappa shape index (κ1) is 23.0. The van der Waals surface area contributed by atoms with Gasteiger partial charge < -0.3 is 21.3 Å². The number of nitrogens with one attached hydrogen (secondary N) is 1. The van der Waals surface area contributed by atoms with Crippen LogP contribution >= 0.6 is 0 Å². The summed E-state index contributed by atoms with van der Waals surface area (Å²) < 4.78 is 0. The first-order valence-electron chi connectivity index (χ1n) is 10.0. The van der Waals surface area contributed by atoms with Crippen LogP contribution in [-0.4, -0.2) is 35.2 Å². The predicted octanol–water partition coefficient (Wildman–Crippen LogP) is 4.07. The summed E-state index contributed by atoms with van der Waals surface area (Å²) in [4.78, 5) is 23.2. The Morgan fingerprint density at radius 2 is 1.77 bits per heavy atom. The molecule has 2 aromatic rings. The molecule has 0 unspecified atom stereocenters. The Balaban J connectivity index is 1.91. The van der Waals surface area contributed by atoms with Gasteiger partial charge in [-0.2, -0.15) is 5.11 Å². The highest BCUT2D eigenvalue weighted by molar-refractivity contribution is 5.93. The number of nitrogens with two attached hydrogens (primary N) is 1. The highest BCUT2D eigenvalue weighted by Gasteiger charge is 2.09. The molecule has 0 fully saturated rings. The third-order valence-electron chi connectivity index (χ3n) is 4.55. The van der Waals surface area contributed by atoms with Crippen molar-refractivity contribution in [3.63, 3.8) is 0 Å². The number of carbonyl (C=O) groups excluding carboxylic acids is 1. The second-order valence-electron chi connectivity index (χ2n) is 6.89. The van der Waals surface area contributed by atoms with Crippen LogP contribution in [0.3, 0.4) is 0 Å². The van der Waals surface area contributed by atoms with Crippen molar-refractivity contribution in [2.24, 2.45) is 16.0 Å². The van der Waals surface area contributed by atoms with Gasteiger partial charge in [0.1, 0.15) is 11.4 Å². The molecule has 0 saturated heterocycles. The number of phenols is 1. The Labute approximate surface area is 175 Å². The second-order valence-corrected chi connectivity index (χ2v) is 6.89. The van der Waals surface area contributed by atoms with Gasteiger partial charge in [0.15, 0.2) is 0 Å². The van der Waals surface area contributed by atoms with E-state index in [1.165, 1.54) is 12.1 Å². The van der Waals surface area contributed by atoms with E-state index < -0.39 is 5.97 Å². The number of unbranched alkanes of at least 4 members (excludes halogenated alkanes) is 3. The van der Waals surface area contributed by atoms with Crippen LogP contribution in [0.15, 0.2) is 52.7 Å². The van der Waals surface area contributed by atoms with Crippen LogP contribution in [0.1, 0.15) is 48.0 Å². The van der Waals surface area contributed by atoms with Gasteiger partial charge in [0.25, 0.3) is 0 Å². The molecular weight excluding hydrogens is 384 g/mol. The van der Waals surface area contributed by atoms with E-state index in [0.717, 1.165) is 25.7 Å². The Hall–Kier alpha value is -3.26. The molecule has 0 aliphatic carbocycles. The highest BCUT2D eigenvalue weighted by Crippen LogP contribution is 2.27. The summed E-state index contributed by atoms with van der Waals surface area (Å²) in [6.07, 6.45) is 4.64. The maximum atomic E-state index is 12.0. The van der Waals surface area contributed by atoms with Gasteiger partial charge in [0.2, 0.25) is 5.91 Å². The van der Waals surface area contributed by atoms with Crippen molar-refractivity contribution in [3.8, 4) is 5.75 Å². The Morgan fingerprint density at radius 1 is 1.00 bits per heavy atom. The number of azo groups is 1. The van der Waals surface area contributed by atoms with Crippen LogP contribution in [0.25, 0.3) is 0 Å². The van der Waals surface area contributed by atoms with Crippen molar-refractivity contribution in [1.29, 1.82) is 0 Å². The van der Waals surface area contributed by atoms with Crippen LogP contribution in [0.4, 0.5) is 11.4 Å². The molecular formula is C22H28N4O4. The molecule has 0 aliphatic rings. The van der Waals surface area contributed by atoms with E-state index in [4.69, 9.17) is 5.73 Å². The second kappa shape index (κ2) is 12.3. The zero-order valence-corrected chi connectivity index (χ0v) is 16.9. The number of aromatic carboxylic acids is 1. The number of nitrogens with zero attached hydrogens (tertiary/aromatic N) is 2. The molecule has 0 heterocycles. The summed E-state index contributed by atoms with van der Waals surface area (Å²) >= 11 is 0. The minimum absolute atomic E-state index is 0.0555. The number of aromatic hydroxyl groups is 1. The number of hydrogen-bond donors (Lipinski definition) is 4. The molecule has 0 atom stereocenters. The normalized spacial score (nSPS) is 11.0. The molecule has 0 radical (unpaired) electrons. The summed E-state index contributed by atoms with van der Waals surface area (Å²) in [5, 5.41) is 30.2. The van der Waals surface area contributed by atoms with E-state index in [9.17, 15) is 19.8 Å². The van der Waals surface area contributed by atoms with Crippen molar-refractivity contribution in [3.05, 3.63) is 53.6 Å². The van der Waals surface area contributed by atoms with Gasteiger partial charge >= 0.3 is 5.97 Å². The molecule has 0 aromatic heterocycles. The first-order valence-corrected chi connectivity index (χ1v) is 10.0. The van der Waals surface area contributed by atoms with E-state index in [1.807, 2.05) is 0 Å². The number of carbonyl (C=O) groups is 2. The lowest BCUT2D eigenvalue weighted by molar-refractivity contribution is -0.121. The molecule has 2 aromatic carbocycles. The van der Waals surface area contributed by atoms with Crippen molar-refractivity contribution >= 4 is 23.3 Å². The van der Waals surface area contributed by atoms with E-state index >= 15 is 0 Å². The number of amides is 1. The van der Waals surface area contributed by atoms with Crippen molar-refractivity contribution in [2.75, 3.05) is 13.1 Å². The summed E-state index contributed by atoms with van der Waals surface area (Å²) in [5.41, 5.74) is 6.79. The molecule has 8 nitrogen and oxygen atoms in total. The largest absolute Gasteiger partial charge is 0.508 e. The fraction of sp³-hybridized carbons (Fsp3) is 0.364. The average Bonchev–Trinajstić information content (AvgIpc) is 2.74. The number of carboxylic acid groups (broad SMARTS) is 1. The van der Waals surface area contributed by atoms with Gasteiger partial charge in [-0.3, -0.25) is 4.79 Å². The monoisotopic (exact) mass is 412 g/mol. The minimum atomic E-state index is -1.08. The topological polar surface area (TPSA) is 137 Å². The van der Waals surface area contributed by atoms with Crippen LogP contribution in [-0.2, 0) is 11.2 Å². The Morgan fingerprint density at radius 3 is 2.53 bits per heavy atom. The molecule has 0 saturated carbocycles. The van der Waals surface area contributed by atoms with Crippen LogP contribution in [0.2, 0.25) is 0 Å². The number of hydrogen-bond acceptors (Lipinski definition) is 6. The first-order chi connectivity index (χ1) is 14.5. The van der Waals surface area contributed by atoms with Gasteiger partial charge in [-0.25, -0.2) is 4.79 Å². The molecule has 0 bridgehead atoms. The zero-order chi connectivity index (χ0) is 21.8. The van der Waals surface area contributed by atoms with E-state index in [1.54, 1.807) is 30.3 Å². The molecule has 0 spiro atoms. The molecule has 1 amide bonds. The summed E-state index contributed by atoms with van der Waals surface area (Å²) in [7, 11) is 0. The van der Waals surface area contributed by atoms with Crippen LogP contribution in [0, 0.1) is 0 Å². The lowest BCUT2D eigenvalue weighted by Gasteiger charge is -2.07. The van der Waals surface area contributed by atoms with E-state index in [0.29, 0.717) is 30.8 Å². The quantitative estimate of drug-likeness (QED) is 0.307. The molecule has 8 heteroatoms. The zero-order valence-electron chi connectivity index (χ0n) is 16.9. The lowest BCUT2D eigenvalue weighted by Crippen LogP contribution is -2.24. The van der Waals surface area contributed by atoms with Crippen LogP contribution < -0.4 is 11.1 Å². The van der Waals surface area contributed by atoms with Gasteiger partial charge in [-0.1, -0.05) is 25.0 Å². The summed E-state index contributed by atoms with van der Waals surface area (Å²) in [5.74, 6) is -1.08. The molecule has 0 aliphatic heterocycles. The van der Waals surface area contributed by atoms with Gasteiger partial charge in [-0.05, 0) is 61.7 Å². The summed E-state index contributed by atoms with van der Waals surface area (Å²) in [6, 6.07) is 11.0. The third kappa shape index (κ3) is 7.63. The van der Waals surface area contributed by atoms with Gasteiger partial charge in [0, 0.05) is 13.0 Å². The number of phenolic OH excluding ortho intramolecular Hbond substituents is 1. The third-order valence-corrected chi connectivity index (χ3v) is 4.55. The maximum absolute atomic E-state index is 12.0. The number of benzene rings is 2. The average molecular weight is 412 g/mol. The predicted molar refractivity (Wildman–Crippen MR) is 115 cm³/mol. The van der Waals surface area contributed by atoms with E-state index in [-0.39, 0.29) is 29.3 Å². The molecule has 160 valence electrons.